The maximum absolute atomic E-state index is 13.2. The molecule has 1 atom stereocenters. The van der Waals surface area contributed by atoms with Gasteiger partial charge in [-0.1, -0.05) is 12.8 Å². The van der Waals surface area contributed by atoms with Gasteiger partial charge in [0.15, 0.2) is 0 Å². The molecule has 1 aliphatic heterocycles. The summed E-state index contributed by atoms with van der Waals surface area (Å²) in [5.41, 5.74) is 0.487. The van der Waals surface area contributed by atoms with Crippen molar-refractivity contribution in [1.82, 2.24) is 24.0 Å². The Morgan fingerprint density at radius 1 is 1.14 bits per heavy atom. The van der Waals surface area contributed by atoms with Gasteiger partial charge in [-0.15, -0.1) is 0 Å². The smallest absolute Gasteiger partial charge is 0.259 e. The summed E-state index contributed by atoms with van der Waals surface area (Å²) in [7, 11) is -1.64. The number of sulfonamides is 1. The molecule has 2 aromatic heterocycles. The highest BCUT2D eigenvalue weighted by Gasteiger charge is 2.35. The van der Waals surface area contributed by atoms with E-state index in [4.69, 9.17) is 0 Å². The molecular formula is C19H27N5O3S. The van der Waals surface area contributed by atoms with Gasteiger partial charge in [0, 0.05) is 38.6 Å². The van der Waals surface area contributed by atoms with Crippen LogP contribution in [-0.2, 0) is 17.1 Å². The van der Waals surface area contributed by atoms with E-state index in [9.17, 15) is 13.2 Å². The third-order valence-corrected chi connectivity index (χ3v) is 7.70. The first-order valence-electron chi connectivity index (χ1n) is 9.91. The predicted molar refractivity (Wildman–Crippen MR) is 106 cm³/mol. The lowest BCUT2D eigenvalue weighted by Gasteiger charge is -2.33. The fourth-order valence-corrected chi connectivity index (χ4v) is 6.03. The van der Waals surface area contributed by atoms with Gasteiger partial charge in [0.05, 0.1) is 11.4 Å². The zero-order valence-electron chi connectivity index (χ0n) is 16.1. The number of carbonyl (C=O) groups is 1. The van der Waals surface area contributed by atoms with Gasteiger partial charge < -0.3 is 9.47 Å². The van der Waals surface area contributed by atoms with Crippen LogP contribution in [0.2, 0.25) is 0 Å². The molecule has 1 aliphatic carbocycles. The van der Waals surface area contributed by atoms with Crippen LogP contribution in [0.25, 0.3) is 5.82 Å². The zero-order valence-corrected chi connectivity index (χ0v) is 16.9. The van der Waals surface area contributed by atoms with Gasteiger partial charge in [0.2, 0.25) is 10.0 Å². The first-order chi connectivity index (χ1) is 13.5. The number of amides is 1. The van der Waals surface area contributed by atoms with E-state index in [-0.39, 0.29) is 18.5 Å². The van der Waals surface area contributed by atoms with E-state index >= 15 is 0 Å². The maximum atomic E-state index is 13.2. The highest BCUT2D eigenvalue weighted by molar-refractivity contribution is 7.90. The molecule has 0 spiro atoms. The van der Waals surface area contributed by atoms with Crippen LogP contribution >= 0.6 is 0 Å². The normalized spacial score (nSPS) is 21.3. The number of likely N-dealkylation sites (tertiary alicyclic amines) is 1. The third kappa shape index (κ3) is 3.73. The average Bonchev–Trinajstić information content (AvgIpc) is 3.43. The summed E-state index contributed by atoms with van der Waals surface area (Å²) in [6.07, 6.45) is 10.5. The lowest BCUT2D eigenvalue weighted by atomic mass is 10.1. The summed E-state index contributed by atoms with van der Waals surface area (Å²) in [6.45, 7) is 0.787. The Kier molecular flexibility index (Phi) is 5.29. The van der Waals surface area contributed by atoms with Crippen molar-refractivity contribution in [3.8, 4) is 5.82 Å². The molecule has 28 heavy (non-hydrogen) atoms. The molecule has 1 saturated carbocycles. The summed E-state index contributed by atoms with van der Waals surface area (Å²) in [5, 5.41) is 3.68. The molecule has 8 nitrogen and oxygen atoms in total. The van der Waals surface area contributed by atoms with E-state index < -0.39 is 15.3 Å². The van der Waals surface area contributed by atoms with Gasteiger partial charge in [0.1, 0.15) is 11.4 Å². The lowest BCUT2D eigenvalue weighted by Crippen LogP contribution is -2.50. The third-order valence-electron chi connectivity index (χ3n) is 5.78. The van der Waals surface area contributed by atoms with Crippen molar-refractivity contribution < 1.29 is 13.2 Å². The van der Waals surface area contributed by atoms with Crippen LogP contribution in [0.1, 0.15) is 48.9 Å². The van der Waals surface area contributed by atoms with Gasteiger partial charge >= 0.3 is 0 Å². The van der Waals surface area contributed by atoms with E-state index in [1.807, 2.05) is 29.1 Å². The standard InChI is InChI=1S/C19H27N5O3S/c1-22-18(23-10-4-5-11-23)17(13-20-22)19(25)24-12-6-9-16(14-24)28(26,27)21-15-7-2-3-8-15/h4-5,10-11,13,15-16,21H,2-3,6-9,12,14H2,1H3/t16-/m1/s1. The monoisotopic (exact) mass is 405 g/mol. The number of piperidine rings is 1. The number of hydrogen-bond donors (Lipinski definition) is 1. The largest absolute Gasteiger partial charge is 0.337 e. The molecule has 152 valence electrons. The summed E-state index contributed by atoms with van der Waals surface area (Å²) >= 11 is 0. The van der Waals surface area contributed by atoms with Crippen LogP contribution in [-0.4, -0.2) is 58.0 Å². The van der Waals surface area contributed by atoms with Crippen LogP contribution in [0, 0.1) is 0 Å². The Balaban J connectivity index is 1.51. The molecule has 0 radical (unpaired) electrons. The summed E-state index contributed by atoms with van der Waals surface area (Å²) in [4.78, 5) is 14.8. The number of nitrogens with one attached hydrogen (secondary N) is 1. The Morgan fingerprint density at radius 3 is 2.57 bits per heavy atom. The van der Waals surface area contributed by atoms with Crippen molar-refractivity contribution in [2.75, 3.05) is 13.1 Å². The zero-order chi connectivity index (χ0) is 19.7. The van der Waals surface area contributed by atoms with Crippen molar-refractivity contribution in [3.63, 3.8) is 0 Å². The highest BCUT2D eigenvalue weighted by atomic mass is 32.2. The average molecular weight is 406 g/mol. The highest BCUT2D eigenvalue weighted by Crippen LogP contribution is 2.24. The minimum absolute atomic E-state index is 0.0507. The molecule has 2 fully saturated rings. The predicted octanol–water partition coefficient (Wildman–Crippen LogP) is 1.68. The number of aryl methyl sites for hydroxylation is 1. The van der Waals surface area contributed by atoms with Gasteiger partial charge in [-0.25, -0.2) is 13.1 Å². The van der Waals surface area contributed by atoms with Crippen LogP contribution < -0.4 is 4.72 Å². The van der Waals surface area contributed by atoms with Crippen molar-refractivity contribution in [1.29, 1.82) is 0 Å². The molecule has 2 aromatic rings. The van der Waals surface area contributed by atoms with Gasteiger partial charge in [-0.2, -0.15) is 5.10 Å². The maximum Gasteiger partial charge on any atom is 0.259 e. The first-order valence-corrected chi connectivity index (χ1v) is 11.5. The number of nitrogens with zero attached hydrogens (tertiary/aromatic N) is 4. The molecule has 2 aliphatic rings. The van der Waals surface area contributed by atoms with Gasteiger partial charge in [0.25, 0.3) is 5.91 Å². The molecule has 1 saturated heterocycles. The van der Waals surface area contributed by atoms with E-state index in [2.05, 4.69) is 9.82 Å². The summed E-state index contributed by atoms with van der Waals surface area (Å²) < 4.78 is 32.1. The number of carbonyl (C=O) groups excluding carboxylic acids is 1. The first kappa shape index (κ1) is 19.2. The van der Waals surface area contributed by atoms with Crippen LogP contribution in [0.5, 0.6) is 0 Å². The molecule has 0 aromatic carbocycles. The van der Waals surface area contributed by atoms with Crippen molar-refractivity contribution >= 4 is 15.9 Å². The summed E-state index contributed by atoms with van der Waals surface area (Å²) in [6, 6.07) is 3.83. The Morgan fingerprint density at radius 2 is 1.86 bits per heavy atom. The van der Waals surface area contributed by atoms with E-state index in [1.165, 1.54) is 0 Å². The number of hydrogen-bond acceptors (Lipinski definition) is 4. The Bertz CT molecular complexity index is 929. The fourth-order valence-electron chi connectivity index (χ4n) is 4.28. The van der Waals surface area contributed by atoms with Crippen LogP contribution in [0.4, 0.5) is 0 Å². The molecule has 1 N–H and O–H groups in total. The topological polar surface area (TPSA) is 89.2 Å². The van der Waals surface area contributed by atoms with E-state index in [1.54, 1.807) is 22.8 Å². The number of aromatic nitrogens is 3. The SMILES string of the molecule is Cn1ncc(C(=O)N2CCC[C@@H](S(=O)(=O)NC3CCCC3)C2)c1-n1cccc1. The molecule has 3 heterocycles. The van der Waals surface area contributed by atoms with E-state index in [0.29, 0.717) is 30.8 Å². The lowest BCUT2D eigenvalue weighted by molar-refractivity contribution is 0.0726. The fraction of sp³-hybridized carbons (Fsp3) is 0.579. The molecule has 0 bridgehead atoms. The molecule has 9 heteroatoms. The van der Waals surface area contributed by atoms with Crippen molar-refractivity contribution in [3.05, 3.63) is 36.3 Å². The molecule has 4 rings (SSSR count). The summed E-state index contributed by atoms with van der Waals surface area (Å²) in [5.74, 6) is 0.515. The Labute approximate surface area is 165 Å². The van der Waals surface area contributed by atoms with Gasteiger partial charge in [-0.05, 0) is 37.8 Å². The van der Waals surface area contributed by atoms with Crippen molar-refractivity contribution in [2.45, 2.75) is 49.8 Å². The minimum atomic E-state index is -3.43. The van der Waals surface area contributed by atoms with Crippen LogP contribution in [0.15, 0.2) is 30.7 Å². The van der Waals surface area contributed by atoms with E-state index in [0.717, 1.165) is 25.7 Å². The molecular weight excluding hydrogens is 378 g/mol. The molecule has 1 amide bonds. The second-order valence-corrected chi connectivity index (χ2v) is 9.75. The minimum Gasteiger partial charge on any atom is -0.337 e. The quantitative estimate of drug-likeness (QED) is 0.820. The van der Waals surface area contributed by atoms with Gasteiger partial charge in [-0.3, -0.25) is 9.48 Å². The Hall–Kier alpha value is -2.13. The number of rotatable bonds is 5. The van der Waals surface area contributed by atoms with Crippen LogP contribution in [0.3, 0.4) is 0 Å². The molecule has 0 unspecified atom stereocenters. The second-order valence-electron chi connectivity index (χ2n) is 7.76. The second kappa shape index (κ2) is 7.71. The van der Waals surface area contributed by atoms with Crippen molar-refractivity contribution in [2.24, 2.45) is 7.05 Å².